The monoisotopic (exact) mass is 317 g/mol. The van der Waals surface area contributed by atoms with Crippen molar-refractivity contribution >= 4 is 17.5 Å². The van der Waals surface area contributed by atoms with Gasteiger partial charge in [-0.3, -0.25) is 0 Å². The number of anilines is 1. The van der Waals surface area contributed by atoms with Gasteiger partial charge in [0.25, 0.3) is 0 Å². The zero-order chi connectivity index (χ0) is 15.5. The third-order valence-electron chi connectivity index (χ3n) is 2.83. The fourth-order valence-electron chi connectivity index (χ4n) is 1.66. The van der Waals surface area contributed by atoms with Gasteiger partial charge in [-0.25, -0.2) is 9.97 Å². The summed E-state index contributed by atoms with van der Waals surface area (Å²) in [7, 11) is 1.78. The third-order valence-corrected chi connectivity index (χ3v) is 3.64. The molecule has 0 fully saturated rings. The van der Waals surface area contributed by atoms with E-state index in [1.54, 1.807) is 11.9 Å². The van der Waals surface area contributed by atoms with E-state index in [0.29, 0.717) is 18.2 Å². The summed E-state index contributed by atoms with van der Waals surface area (Å²) in [6, 6.07) is 1.50. The standard InChI is InChI=1S/C12H14F3N5S/c1-8-10(21-19-18-8)7-20(2)11-16-6-4-9(17-11)3-5-12(13,14)15/h4,6H,3,5,7H2,1-2H3. The highest BCUT2D eigenvalue weighted by Crippen LogP contribution is 2.22. The number of alkyl halides is 3. The molecule has 9 heteroatoms. The Morgan fingerprint density at radius 2 is 2.10 bits per heavy atom. The van der Waals surface area contributed by atoms with Crippen LogP contribution in [0.25, 0.3) is 0 Å². The van der Waals surface area contributed by atoms with Gasteiger partial charge in [0, 0.05) is 25.4 Å². The van der Waals surface area contributed by atoms with Crippen LogP contribution >= 0.6 is 11.5 Å². The lowest BCUT2D eigenvalue weighted by atomic mass is 10.2. The van der Waals surface area contributed by atoms with Crippen LogP contribution in [-0.2, 0) is 13.0 Å². The average molecular weight is 317 g/mol. The van der Waals surface area contributed by atoms with Gasteiger partial charge in [0.15, 0.2) is 0 Å². The molecule has 2 aromatic rings. The van der Waals surface area contributed by atoms with E-state index in [2.05, 4.69) is 19.6 Å². The first-order valence-corrected chi connectivity index (χ1v) is 7.00. The van der Waals surface area contributed by atoms with Crippen LogP contribution in [0.2, 0.25) is 0 Å². The van der Waals surface area contributed by atoms with E-state index in [9.17, 15) is 13.2 Å². The zero-order valence-corrected chi connectivity index (χ0v) is 12.4. The molecular formula is C12H14F3N5S. The minimum atomic E-state index is -4.18. The van der Waals surface area contributed by atoms with Gasteiger partial charge < -0.3 is 4.90 Å². The van der Waals surface area contributed by atoms with Crippen molar-refractivity contribution in [3.05, 3.63) is 28.5 Å². The Morgan fingerprint density at radius 1 is 1.33 bits per heavy atom. The van der Waals surface area contributed by atoms with Crippen LogP contribution in [0.4, 0.5) is 19.1 Å². The van der Waals surface area contributed by atoms with Crippen molar-refractivity contribution < 1.29 is 13.2 Å². The van der Waals surface area contributed by atoms with Crippen molar-refractivity contribution in [2.24, 2.45) is 0 Å². The lowest BCUT2D eigenvalue weighted by Crippen LogP contribution is -2.19. The SMILES string of the molecule is Cc1nnsc1CN(C)c1nccc(CCC(F)(F)F)n1. The van der Waals surface area contributed by atoms with Gasteiger partial charge in [0.05, 0.1) is 17.1 Å². The molecule has 2 rings (SSSR count). The molecule has 0 amide bonds. The lowest BCUT2D eigenvalue weighted by Gasteiger charge is -2.16. The zero-order valence-electron chi connectivity index (χ0n) is 11.6. The van der Waals surface area contributed by atoms with Gasteiger partial charge in [0.2, 0.25) is 5.95 Å². The second-order valence-corrected chi connectivity index (χ2v) is 5.44. The Balaban J connectivity index is 2.04. The molecule has 0 saturated carbocycles. The highest BCUT2D eigenvalue weighted by atomic mass is 32.1. The Labute approximate surface area is 124 Å². The molecule has 0 saturated heterocycles. The van der Waals surface area contributed by atoms with E-state index in [4.69, 9.17) is 0 Å². The van der Waals surface area contributed by atoms with E-state index in [0.717, 1.165) is 10.6 Å². The highest BCUT2D eigenvalue weighted by Gasteiger charge is 2.26. The van der Waals surface area contributed by atoms with Crippen LogP contribution in [0.15, 0.2) is 12.3 Å². The molecule has 0 atom stereocenters. The molecule has 114 valence electrons. The first kappa shape index (κ1) is 15.6. The number of hydrogen-bond acceptors (Lipinski definition) is 6. The predicted octanol–water partition coefficient (Wildman–Crippen LogP) is 2.77. The number of hydrogen-bond donors (Lipinski definition) is 0. The lowest BCUT2D eigenvalue weighted by molar-refractivity contribution is -0.134. The summed E-state index contributed by atoms with van der Waals surface area (Å²) in [5, 5.41) is 3.91. The molecule has 0 radical (unpaired) electrons. The third kappa shape index (κ3) is 4.62. The topological polar surface area (TPSA) is 54.8 Å². The Morgan fingerprint density at radius 3 is 2.71 bits per heavy atom. The van der Waals surface area contributed by atoms with E-state index >= 15 is 0 Å². The number of rotatable bonds is 5. The smallest absolute Gasteiger partial charge is 0.339 e. The molecule has 2 heterocycles. The maximum Gasteiger partial charge on any atom is 0.389 e. The maximum absolute atomic E-state index is 12.2. The largest absolute Gasteiger partial charge is 0.389 e. The average Bonchev–Trinajstić information content (AvgIpc) is 2.81. The molecule has 0 aliphatic heterocycles. The van der Waals surface area contributed by atoms with Gasteiger partial charge in [-0.05, 0) is 30.9 Å². The molecule has 0 aliphatic carbocycles. The van der Waals surface area contributed by atoms with Crippen LogP contribution in [-0.4, -0.2) is 32.8 Å². The van der Waals surface area contributed by atoms with Crippen molar-refractivity contribution in [2.75, 3.05) is 11.9 Å². The minimum absolute atomic E-state index is 0.145. The van der Waals surface area contributed by atoms with Crippen molar-refractivity contribution in [1.82, 2.24) is 19.6 Å². The van der Waals surface area contributed by atoms with E-state index in [-0.39, 0.29) is 6.42 Å². The van der Waals surface area contributed by atoms with Crippen molar-refractivity contribution in [3.8, 4) is 0 Å². The molecule has 0 spiro atoms. The van der Waals surface area contributed by atoms with Crippen molar-refractivity contribution in [2.45, 2.75) is 32.5 Å². The molecule has 2 aromatic heterocycles. The first-order valence-electron chi connectivity index (χ1n) is 6.23. The molecular weight excluding hydrogens is 303 g/mol. The first-order chi connectivity index (χ1) is 9.85. The van der Waals surface area contributed by atoms with Crippen LogP contribution in [0.1, 0.15) is 22.7 Å². The second kappa shape index (κ2) is 6.33. The predicted molar refractivity (Wildman–Crippen MR) is 73.2 cm³/mol. The highest BCUT2D eigenvalue weighted by molar-refractivity contribution is 7.05. The molecule has 0 N–H and O–H groups in total. The van der Waals surface area contributed by atoms with Crippen LogP contribution < -0.4 is 4.90 Å². The molecule has 5 nitrogen and oxygen atoms in total. The quantitative estimate of drug-likeness (QED) is 0.849. The summed E-state index contributed by atoms with van der Waals surface area (Å²) >= 11 is 1.28. The molecule has 0 bridgehead atoms. The van der Waals surface area contributed by atoms with Gasteiger partial charge in [-0.1, -0.05) is 4.49 Å². The fourth-order valence-corrected chi connectivity index (χ4v) is 2.35. The van der Waals surface area contributed by atoms with Crippen molar-refractivity contribution in [1.29, 1.82) is 0 Å². The summed E-state index contributed by atoms with van der Waals surface area (Å²) in [6.45, 7) is 2.37. The number of aromatic nitrogens is 4. The van der Waals surface area contributed by atoms with Gasteiger partial charge >= 0.3 is 6.18 Å². The molecule has 0 aromatic carbocycles. The van der Waals surface area contributed by atoms with Crippen molar-refractivity contribution in [3.63, 3.8) is 0 Å². The van der Waals surface area contributed by atoms with Crippen LogP contribution in [0, 0.1) is 6.92 Å². The molecule has 0 unspecified atom stereocenters. The number of aryl methyl sites for hydroxylation is 2. The number of nitrogens with zero attached hydrogens (tertiary/aromatic N) is 5. The summed E-state index contributed by atoms with van der Waals surface area (Å²) in [6.07, 6.45) is -3.73. The van der Waals surface area contributed by atoms with Gasteiger partial charge in [0.1, 0.15) is 0 Å². The summed E-state index contributed by atoms with van der Waals surface area (Å²) in [5.74, 6) is 0.391. The Hall–Kier alpha value is -1.77. The summed E-state index contributed by atoms with van der Waals surface area (Å²) in [4.78, 5) is 11.0. The molecule has 21 heavy (non-hydrogen) atoms. The van der Waals surface area contributed by atoms with Gasteiger partial charge in [-0.15, -0.1) is 5.10 Å². The summed E-state index contributed by atoms with van der Waals surface area (Å²) < 4.78 is 40.5. The molecule has 0 aliphatic rings. The Kier molecular flexibility index (Phi) is 4.71. The van der Waals surface area contributed by atoms with E-state index in [1.165, 1.54) is 23.8 Å². The maximum atomic E-state index is 12.2. The van der Waals surface area contributed by atoms with Crippen LogP contribution in [0.3, 0.4) is 0 Å². The van der Waals surface area contributed by atoms with E-state index in [1.807, 2.05) is 6.92 Å². The summed E-state index contributed by atoms with van der Waals surface area (Å²) in [5.41, 5.74) is 1.21. The normalized spacial score (nSPS) is 11.7. The van der Waals surface area contributed by atoms with Crippen LogP contribution in [0.5, 0.6) is 0 Å². The number of halogens is 3. The fraction of sp³-hybridized carbons (Fsp3) is 0.500. The minimum Gasteiger partial charge on any atom is -0.339 e. The van der Waals surface area contributed by atoms with Gasteiger partial charge in [-0.2, -0.15) is 13.2 Å². The van der Waals surface area contributed by atoms with E-state index < -0.39 is 12.6 Å². The second-order valence-electron chi connectivity index (χ2n) is 4.60. The Bertz CT molecular complexity index is 599.